The number of aryl methyl sites for hydroxylation is 2. The molecule has 1 aromatic heterocycles. The zero-order chi connectivity index (χ0) is 18.8. The van der Waals surface area contributed by atoms with Gasteiger partial charge in [-0.25, -0.2) is 9.98 Å². The van der Waals surface area contributed by atoms with Gasteiger partial charge in [0, 0.05) is 18.0 Å². The molecule has 0 aliphatic carbocycles. The number of rotatable bonds is 8. The highest BCUT2D eigenvalue weighted by Gasteiger charge is 2.06. The second kappa shape index (κ2) is 10.6. The first-order valence-corrected chi connectivity index (χ1v) is 9.66. The number of hydrogen-bond acceptors (Lipinski definition) is 4. The average Bonchev–Trinajstić information content (AvgIpc) is 2.95. The van der Waals surface area contributed by atoms with Crippen molar-refractivity contribution in [3.8, 4) is 0 Å². The zero-order valence-electron chi connectivity index (χ0n) is 15.6. The molecule has 1 aromatic carbocycles. The molecule has 0 aliphatic heterocycles. The van der Waals surface area contributed by atoms with Crippen molar-refractivity contribution < 1.29 is 4.79 Å². The van der Waals surface area contributed by atoms with E-state index in [9.17, 15) is 4.79 Å². The topological polar surface area (TPSA) is 78.4 Å². The van der Waals surface area contributed by atoms with Gasteiger partial charge in [-0.15, -0.1) is 11.3 Å². The van der Waals surface area contributed by atoms with Crippen molar-refractivity contribution in [3.05, 3.63) is 51.5 Å². The van der Waals surface area contributed by atoms with Crippen LogP contribution in [0.25, 0.3) is 0 Å². The highest BCUT2D eigenvalue weighted by molar-refractivity contribution is 7.11. The molecule has 0 spiro atoms. The predicted molar refractivity (Wildman–Crippen MR) is 108 cm³/mol. The molecule has 3 N–H and O–H groups in total. The molecule has 0 saturated heterocycles. The fourth-order valence-electron chi connectivity index (χ4n) is 2.44. The summed E-state index contributed by atoms with van der Waals surface area (Å²) in [4.78, 5) is 22.0. The van der Waals surface area contributed by atoms with Crippen LogP contribution in [-0.2, 0) is 17.8 Å². The molecule has 140 valence electrons. The van der Waals surface area contributed by atoms with E-state index in [4.69, 9.17) is 0 Å². The summed E-state index contributed by atoms with van der Waals surface area (Å²) < 4.78 is 0. The highest BCUT2D eigenvalue weighted by atomic mass is 32.1. The van der Waals surface area contributed by atoms with Gasteiger partial charge in [-0.05, 0) is 32.8 Å². The standard InChI is InChI=1S/C19H27N5OS/c1-4-20-19(22-12-17-14(2)24-15(3)26-17)23-13-18(25)21-11-10-16-8-6-5-7-9-16/h5-9H,4,10-13H2,1-3H3,(H,21,25)(H2,20,22,23). The molecule has 2 aromatic rings. The van der Waals surface area contributed by atoms with Crippen LogP contribution in [0, 0.1) is 13.8 Å². The zero-order valence-corrected chi connectivity index (χ0v) is 16.4. The molecule has 6 nitrogen and oxygen atoms in total. The Labute approximate surface area is 159 Å². The van der Waals surface area contributed by atoms with E-state index < -0.39 is 0 Å². The number of nitrogens with zero attached hydrogens (tertiary/aromatic N) is 2. The van der Waals surface area contributed by atoms with Gasteiger partial charge >= 0.3 is 0 Å². The average molecular weight is 374 g/mol. The van der Waals surface area contributed by atoms with Crippen molar-refractivity contribution in [1.29, 1.82) is 0 Å². The van der Waals surface area contributed by atoms with Crippen LogP contribution in [0.5, 0.6) is 0 Å². The van der Waals surface area contributed by atoms with Crippen LogP contribution in [0.15, 0.2) is 35.3 Å². The van der Waals surface area contributed by atoms with Gasteiger partial charge in [-0.3, -0.25) is 4.79 Å². The first-order chi connectivity index (χ1) is 12.6. The largest absolute Gasteiger partial charge is 0.357 e. The number of carbonyl (C=O) groups is 1. The Kier molecular flexibility index (Phi) is 8.08. The minimum Gasteiger partial charge on any atom is -0.357 e. The maximum atomic E-state index is 12.0. The number of aliphatic imine (C=N–C) groups is 1. The van der Waals surface area contributed by atoms with Gasteiger partial charge in [0.25, 0.3) is 0 Å². The van der Waals surface area contributed by atoms with E-state index in [1.54, 1.807) is 11.3 Å². The van der Waals surface area contributed by atoms with Gasteiger partial charge in [-0.2, -0.15) is 0 Å². The summed E-state index contributed by atoms with van der Waals surface area (Å²) in [5.74, 6) is 0.555. The molecule has 0 fully saturated rings. The summed E-state index contributed by atoms with van der Waals surface area (Å²) in [6, 6.07) is 10.1. The number of guanidine groups is 1. The van der Waals surface area contributed by atoms with Crippen molar-refractivity contribution >= 4 is 23.2 Å². The van der Waals surface area contributed by atoms with Gasteiger partial charge in [-0.1, -0.05) is 30.3 Å². The summed E-state index contributed by atoms with van der Waals surface area (Å²) in [5.41, 5.74) is 2.25. The predicted octanol–water partition coefficient (Wildman–Crippen LogP) is 2.17. The monoisotopic (exact) mass is 373 g/mol. The molecule has 0 saturated carbocycles. The maximum absolute atomic E-state index is 12.0. The number of nitrogens with one attached hydrogen (secondary N) is 3. The molecule has 0 bridgehead atoms. The van der Waals surface area contributed by atoms with Gasteiger partial charge < -0.3 is 16.0 Å². The van der Waals surface area contributed by atoms with Crippen molar-refractivity contribution in [2.75, 3.05) is 19.6 Å². The van der Waals surface area contributed by atoms with Crippen LogP contribution in [0.4, 0.5) is 0 Å². The number of carbonyl (C=O) groups excluding carboxylic acids is 1. The Morgan fingerprint density at radius 3 is 2.58 bits per heavy atom. The van der Waals surface area contributed by atoms with Gasteiger partial charge in [0.1, 0.15) is 6.54 Å². The Morgan fingerprint density at radius 1 is 1.15 bits per heavy atom. The van der Waals surface area contributed by atoms with Crippen LogP contribution in [0.3, 0.4) is 0 Å². The van der Waals surface area contributed by atoms with Crippen LogP contribution < -0.4 is 16.0 Å². The quantitative estimate of drug-likeness (QED) is 0.489. The summed E-state index contributed by atoms with van der Waals surface area (Å²) >= 11 is 1.67. The van der Waals surface area contributed by atoms with E-state index in [0.29, 0.717) is 19.0 Å². The van der Waals surface area contributed by atoms with Crippen molar-refractivity contribution in [2.45, 2.75) is 33.7 Å². The summed E-state index contributed by atoms with van der Waals surface area (Å²) in [6.07, 6.45) is 0.818. The van der Waals surface area contributed by atoms with E-state index in [0.717, 1.165) is 23.7 Å². The number of benzene rings is 1. The number of hydrogen-bond donors (Lipinski definition) is 3. The molecule has 26 heavy (non-hydrogen) atoms. The molecule has 1 amide bonds. The Hall–Kier alpha value is -2.41. The lowest BCUT2D eigenvalue weighted by molar-refractivity contribution is -0.119. The third kappa shape index (κ3) is 6.84. The molecule has 2 rings (SSSR count). The van der Waals surface area contributed by atoms with E-state index >= 15 is 0 Å². The molecule has 0 atom stereocenters. The van der Waals surface area contributed by atoms with Gasteiger partial charge in [0.2, 0.25) is 5.91 Å². The van der Waals surface area contributed by atoms with Crippen molar-refractivity contribution in [3.63, 3.8) is 0 Å². The van der Waals surface area contributed by atoms with Crippen LogP contribution >= 0.6 is 11.3 Å². The number of aromatic nitrogens is 1. The lowest BCUT2D eigenvalue weighted by Gasteiger charge is -2.11. The molecule has 0 radical (unpaired) electrons. The smallest absolute Gasteiger partial charge is 0.241 e. The fourth-order valence-corrected chi connectivity index (χ4v) is 3.32. The normalized spacial score (nSPS) is 11.3. The first-order valence-electron chi connectivity index (χ1n) is 8.84. The van der Waals surface area contributed by atoms with E-state index in [-0.39, 0.29) is 12.5 Å². The van der Waals surface area contributed by atoms with E-state index in [1.165, 1.54) is 10.4 Å². The minimum atomic E-state index is -0.0806. The van der Waals surface area contributed by atoms with E-state index in [2.05, 4.69) is 38.1 Å². The Bertz CT molecular complexity index is 727. The second-order valence-electron chi connectivity index (χ2n) is 5.88. The van der Waals surface area contributed by atoms with Gasteiger partial charge in [0.15, 0.2) is 5.96 Å². The Morgan fingerprint density at radius 2 is 1.92 bits per heavy atom. The second-order valence-corrected chi connectivity index (χ2v) is 7.16. The summed E-state index contributed by atoms with van der Waals surface area (Å²) in [5, 5.41) is 10.4. The van der Waals surface area contributed by atoms with Crippen molar-refractivity contribution in [1.82, 2.24) is 20.9 Å². The highest BCUT2D eigenvalue weighted by Crippen LogP contribution is 2.16. The van der Waals surface area contributed by atoms with Crippen molar-refractivity contribution in [2.24, 2.45) is 4.99 Å². The molecular weight excluding hydrogens is 346 g/mol. The summed E-state index contributed by atoms with van der Waals surface area (Å²) in [7, 11) is 0. The SMILES string of the molecule is CCNC(=NCC(=O)NCCc1ccccc1)NCc1sc(C)nc1C. The Balaban J connectivity index is 1.77. The molecule has 0 unspecified atom stereocenters. The maximum Gasteiger partial charge on any atom is 0.241 e. The van der Waals surface area contributed by atoms with Gasteiger partial charge in [0.05, 0.1) is 17.2 Å². The molecule has 1 heterocycles. The molecule has 7 heteroatoms. The molecule has 0 aliphatic rings. The summed E-state index contributed by atoms with van der Waals surface area (Å²) in [6.45, 7) is 8.11. The number of thiazole rings is 1. The third-order valence-corrected chi connectivity index (χ3v) is 4.79. The number of amides is 1. The van der Waals surface area contributed by atoms with Crippen LogP contribution in [0.2, 0.25) is 0 Å². The van der Waals surface area contributed by atoms with E-state index in [1.807, 2.05) is 39.0 Å². The van der Waals surface area contributed by atoms with Crippen LogP contribution in [0.1, 0.15) is 28.1 Å². The lowest BCUT2D eigenvalue weighted by Crippen LogP contribution is -2.38. The molecular formula is C19H27N5OS. The van der Waals surface area contributed by atoms with Crippen LogP contribution in [-0.4, -0.2) is 36.5 Å². The third-order valence-electron chi connectivity index (χ3n) is 3.72. The first kappa shape index (κ1) is 19.9. The lowest BCUT2D eigenvalue weighted by atomic mass is 10.1. The minimum absolute atomic E-state index is 0.0806. The fraction of sp³-hybridized carbons (Fsp3) is 0.421.